The summed E-state index contributed by atoms with van der Waals surface area (Å²) in [5, 5.41) is 0. The molecule has 1 aromatic rings. The number of amides is 1. The van der Waals surface area contributed by atoms with Gasteiger partial charge < -0.3 is 14.4 Å². The summed E-state index contributed by atoms with van der Waals surface area (Å²) in [4.78, 5) is 41.0. The predicted octanol–water partition coefficient (Wildman–Crippen LogP) is 2.81. The molecular weight excluding hydrogens is 396 g/mol. The fraction of sp³-hybridized carbons (Fsp3) is 0.571. The second kappa shape index (κ2) is 11.8. The van der Waals surface area contributed by atoms with Crippen molar-refractivity contribution in [1.29, 1.82) is 0 Å². The number of nitrogens with zero attached hydrogens (tertiary/aromatic N) is 2. The Kier molecular flexibility index (Phi) is 7.19. The average molecular weight is 432 g/mol. The van der Waals surface area contributed by atoms with Gasteiger partial charge in [0, 0.05) is 31.7 Å². The molecular formula is C21H31ClN2O5. The SMILES string of the molecule is Cl.[2H]c1c([2H])c([2H])c(N(C(=O)CCC)C2(C(=O)OC)CCN(CCC(=O)OC)CC2)c([2H])c1[2H]. The van der Waals surface area contributed by atoms with E-state index in [9.17, 15) is 14.4 Å². The zero-order valence-corrected chi connectivity index (χ0v) is 17.8. The number of carbonyl (C=O) groups is 3. The maximum Gasteiger partial charge on any atom is 0.332 e. The van der Waals surface area contributed by atoms with Crippen molar-refractivity contribution in [2.45, 2.75) is 44.6 Å². The number of methoxy groups -OCH3 is 2. The first-order chi connectivity index (χ1) is 15.5. The fourth-order valence-corrected chi connectivity index (χ4v) is 3.47. The van der Waals surface area contributed by atoms with E-state index >= 15 is 0 Å². The maximum absolute atomic E-state index is 13.3. The van der Waals surface area contributed by atoms with Crippen LogP contribution in [0.3, 0.4) is 0 Å². The standard InChI is InChI=1S/C21H30N2O5.ClH/c1-4-8-18(24)23(17-9-6-5-7-10-17)21(20(26)28-3)12-15-22(16-13-21)14-11-19(25)27-2;/h5-7,9-10H,4,8,11-16H2,1-3H3;1H/i5D,6D,7D,9D,10D;. The number of anilines is 1. The summed E-state index contributed by atoms with van der Waals surface area (Å²) in [6.07, 6.45) is 0.851. The Morgan fingerprint density at radius 1 is 1.10 bits per heavy atom. The Morgan fingerprint density at radius 2 is 1.72 bits per heavy atom. The van der Waals surface area contributed by atoms with Crippen LogP contribution in [0, 0.1) is 0 Å². The van der Waals surface area contributed by atoms with Gasteiger partial charge in [-0.25, -0.2) is 4.79 Å². The van der Waals surface area contributed by atoms with E-state index in [0.717, 1.165) is 4.90 Å². The Labute approximate surface area is 185 Å². The van der Waals surface area contributed by atoms with Crippen LogP contribution in [0.25, 0.3) is 0 Å². The third-order valence-corrected chi connectivity index (χ3v) is 4.96. The van der Waals surface area contributed by atoms with Crippen molar-refractivity contribution >= 4 is 35.9 Å². The first kappa shape index (κ1) is 17.7. The lowest BCUT2D eigenvalue weighted by Gasteiger charge is -2.46. The number of esters is 2. The second-order valence-corrected chi connectivity index (χ2v) is 6.64. The van der Waals surface area contributed by atoms with Crippen molar-refractivity contribution in [3.05, 3.63) is 30.2 Å². The number of hydrogen-bond acceptors (Lipinski definition) is 6. The lowest BCUT2D eigenvalue weighted by molar-refractivity contribution is -0.151. The van der Waals surface area contributed by atoms with E-state index in [0.29, 0.717) is 26.1 Å². The van der Waals surface area contributed by atoms with E-state index in [4.69, 9.17) is 11.6 Å². The van der Waals surface area contributed by atoms with E-state index in [2.05, 4.69) is 4.74 Å². The molecule has 8 heteroatoms. The van der Waals surface area contributed by atoms with Gasteiger partial charge in [0.15, 0.2) is 0 Å². The summed E-state index contributed by atoms with van der Waals surface area (Å²) in [6.45, 7) is 2.85. The number of hydrogen-bond donors (Lipinski definition) is 0. The van der Waals surface area contributed by atoms with Gasteiger partial charge in [0.25, 0.3) is 0 Å². The zero-order valence-electron chi connectivity index (χ0n) is 22.0. The predicted molar refractivity (Wildman–Crippen MR) is 113 cm³/mol. The van der Waals surface area contributed by atoms with Crippen LogP contribution in [0.1, 0.15) is 45.9 Å². The van der Waals surface area contributed by atoms with Crippen molar-refractivity contribution in [3.8, 4) is 0 Å². The van der Waals surface area contributed by atoms with Gasteiger partial charge in [0.05, 0.1) is 27.5 Å². The molecule has 1 saturated heterocycles. The molecule has 162 valence electrons. The first-order valence-corrected chi connectivity index (χ1v) is 9.33. The molecule has 0 unspecified atom stereocenters. The van der Waals surface area contributed by atoms with Gasteiger partial charge in [-0.15, -0.1) is 12.4 Å². The van der Waals surface area contributed by atoms with E-state index in [-0.39, 0.29) is 49.7 Å². The van der Waals surface area contributed by atoms with E-state index in [1.54, 1.807) is 6.92 Å². The van der Waals surface area contributed by atoms with Gasteiger partial charge in [-0.2, -0.15) is 0 Å². The number of ether oxygens (including phenoxy) is 2. The molecule has 0 atom stereocenters. The molecule has 0 spiro atoms. The minimum Gasteiger partial charge on any atom is -0.469 e. The van der Waals surface area contributed by atoms with Crippen molar-refractivity contribution in [3.63, 3.8) is 0 Å². The molecule has 29 heavy (non-hydrogen) atoms. The number of para-hydroxylation sites is 1. The molecule has 0 saturated carbocycles. The minimum atomic E-state index is -1.54. The third-order valence-electron chi connectivity index (χ3n) is 4.96. The van der Waals surface area contributed by atoms with Crippen molar-refractivity contribution in [2.24, 2.45) is 0 Å². The maximum atomic E-state index is 13.3. The molecule has 2 rings (SSSR count). The number of rotatable bonds is 8. The number of carbonyl (C=O) groups excluding carboxylic acids is 3. The summed E-state index contributed by atoms with van der Waals surface area (Å²) in [7, 11) is 2.50. The molecule has 1 amide bonds. The minimum absolute atomic E-state index is 0. The van der Waals surface area contributed by atoms with Crippen LogP contribution in [0.5, 0.6) is 0 Å². The van der Waals surface area contributed by atoms with E-state index in [1.807, 2.05) is 4.90 Å². The topological polar surface area (TPSA) is 76.2 Å². The number of halogens is 1. The van der Waals surface area contributed by atoms with E-state index < -0.39 is 47.6 Å². The van der Waals surface area contributed by atoms with Crippen LogP contribution in [-0.4, -0.2) is 62.1 Å². The van der Waals surface area contributed by atoms with E-state index in [1.165, 1.54) is 14.2 Å². The van der Waals surface area contributed by atoms with Gasteiger partial charge in [-0.05, 0) is 31.3 Å². The average Bonchev–Trinajstić information content (AvgIpc) is 2.82. The number of piperidine rings is 1. The zero-order chi connectivity index (χ0) is 24.9. The highest BCUT2D eigenvalue weighted by atomic mass is 35.5. The second-order valence-electron chi connectivity index (χ2n) is 6.64. The molecule has 0 radical (unpaired) electrons. The highest BCUT2D eigenvalue weighted by Gasteiger charge is 2.49. The van der Waals surface area contributed by atoms with Gasteiger partial charge in [-0.1, -0.05) is 25.1 Å². The fourth-order valence-electron chi connectivity index (χ4n) is 3.47. The Morgan fingerprint density at radius 3 is 2.24 bits per heavy atom. The molecule has 1 fully saturated rings. The highest BCUT2D eigenvalue weighted by molar-refractivity contribution is 6.02. The number of benzene rings is 1. The van der Waals surface area contributed by atoms with Crippen LogP contribution >= 0.6 is 12.4 Å². The molecule has 1 aromatic carbocycles. The monoisotopic (exact) mass is 431 g/mol. The molecule has 0 aromatic heterocycles. The van der Waals surface area contributed by atoms with Gasteiger partial charge >= 0.3 is 11.9 Å². The highest BCUT2D eigenvalue weighted by Crippen LogP contribution is 2.35. The van der Waals surface area contributed by atoms with Crippen molar-refractivity contribution in [2.75, 3.05) is 38.8 Å². The molecule has 1 heterocycles. The van der Waals surface area contributed by atoms with Crippen LogP contribution in [0.2, 0.25) is 0 Å². The Bertz CT molecular complexity index is 896. The summed E-state index contributed by atoms with van der Waals surface area (Å²) in [5.74, 6) is -1.60. The third kappa shape index (κ3) is 5.93. The molecule has 1 aliphatic rings. The molecule has 0 aliphatic carbocycles. The summed E-state index contributed by atoms with van der Waals surface area (Å²) < 4.78 is 50.4. The smallest absolute Gasteiger partial charge is 0.332 e. The lowest BCUT2D eigenvalue weighted by Crippen LogP contribution is -2.62. The summed E-state index contributed by atoms with van der Waals surface area (Å²) in [6, 6.07) is -2.86. The summed E-state index contributed by atoms with van der Waals surface area (Å²) in [5.41, 5.74) is -1.87. The Hall–Kier alpha value is -2.12. The van der Waals surface area contributed by atoms with Gasteiger partial charge in [0.1, 0.15) is 5.54 Å². The first-order valence-electron chi connectivity index (χ1n) is 11.8. The van der Waals surface area contributed by atoms with Gasteiger partial charge in [0.2, 0.25) is 5.91 Å². The van der Waals surface area contributed by atoms with Crippen molar-refractivity contribution in [1.82, 2.24) is 4.90 Å². The normalized spacial score (nSPS) is 18.1. The van der Waals surface area contributed by atoms with Crippen molar-refractivity contribution < 1.29 is 30.7 Å². The Balaban J connectivity index is 0.00000578. The van der Waals surface area contributed by atoms with Crippen LogP contribution in [0.4, 0.5) is 5.69 Å². The largest absolute Gasteiger partial charge is 0.469 e. The molecule has 1 aliphatic heterocycles. The molecule has 0 bridgehead atoms. The quantitative estimate of drug-likeness (QED) is 0.589. The van der Waals surface area contributed by atoms with Gasteiger partial charge in [-0.3, -0.25) is 14.5 Å². The number of likely N-dealkylation sites (tertiary alicyclic amines) is 1. The molecule has 0 N–H and O–H groups in total. The lowest BCUT2D eigenvalue weighted by atomic mass is 9.84. The summed E-state index contributed by atoms with van der Waals surface area (Å²) >= 11 is 0. The molecule has 7 nitrogen and oxygen atoms in total. The van der Waals surface area contributed by atoms with Crippen LogP contribution in [-0.2, 0) is 23.9 Å². The van der Waals surface area contributed by atoms with Crippen LogP contribution < -0.4 is 4.90 Å². The van der Waals surface area contributed by atoms with Crippen LogP contribution in [0.15, 0.2) is 30.2 Å².